The molecule has 0 spiro atoms. The van der Waals surface area contributed by atoms with Crippen LogP contribution in [0.1, 0.15) is 25.7 Å². The maximum absolute atomic E-state index is 13.1. The second-order valence-electron chi connectivity index (χ2n) is 3.71. The molecule has 6 heteroatoms. The maximum Gasteiger partial charge on any atom is 0.322 e. The highest BCUT2D eigenvalue weighted by Crippen LogP contribution is 2.40. The molecule has 1 saturated carbocycles. The van der Waals surface area contributed by atoms with Crippen LogP contribution in [0.25, 0.3) is 0 Å². The summed E-state index contributed by atoms with van der Waals surface area (Å²) in [5.41, 5.74) is 0. The average Bonchev–Trinajstić information content (AvgIpc) is 2.82. The van der Waals surface area contributed by atoms with E-state index in [4.69, 9.17) is 16.9 Å². The lowest BCUT2D eigenvalue weighted by atomic mass is 10.0. The number of nitrogens with one attached hydrogen (secondary N) is 1. The van der Waals surface area contributed by atoms with Gasteiger partial charge in [-0.05, 0) is 30.5 Å². The summed E-state index contributed by atoms with van der Waals surface area (Å²) in [5, 5.41) is 8.51. The predicted molar refractivity (Wildman–Crippen MR) is 47.3 cm³/mol. The number of hydrogen-bond donors (Lipinski definition) is 2. The van der Waals surface area contributed by atoms with Crippen LogP contribution in [0.15, 0.2) is 0 Å². The van der Waals surface area contributed by atoms with Gasteiger partial charge in [0.1, 0.15) is 6.04 Å². The number of hydrogen-bond acceptors (Lipinski definition) is 2. The quantitative estimate of drug-likeness (QED) is 0.683. The van der Waals surface area contributed by atoms with Gasteiger partial charge in [0.25, 0.3) is 5.92 Å². The Morgan fingerprint density at radius 3 is 2.57 bits per heavy atom. The normalized spacial score (nSPS) is 19.4. The van der Waals surface area contributed by atoms with Crippen molar-refractivity contribution in [3.05, 3.63) is 0 Å². The van der Waals surface area contributed by atoms with Crippen molar-refractivity contribution in [3.63, 3.8) is 0 Å². The zero-order valence-corrected chi connectivity index (χ0v) is 8.23. The van der Waals surface area contributed by atoms with E-state index in [1.807, 2.05) is 4.84 Å². The summed E-state index contributed by atoms with van der Waals surface area (Å²) in [5.74, 6) is -4.23. The standard InChI is InChI=1S/C8H12ClF2NO2/c9-12-6(7(13)14)4-8(10,11)3-5-1-2-5/h5-6,12H,1-4H2,(H,13,14)/t6-/m0/s1. The first-order chi connectivity index (χ1) is 6.44. The first kappa shape index (κ1) is 11.7. The topological polar surface area (TPSA) is 49.3 Å². The Morgan fingerprint density at radius 2 is 2.21 bits per heavy atom. The Hall–Kier alpha value is -0.420. The fraction of sp³-hybridized carbons (Fsp3) is 0.875. The van der Waals surface area contributed by atoms with Crippen molar-refractivity contribution < 1.29 is 18.7 Å². The van der Waals surface area contributed by atoms with Gasteiger partial charge in [-0.1, -0.05) is 0 Å². The fourth-order valence-electron chi connectivity index (χ4n) is 1.30. The van der Waals surface area contributed by atoms with Crippen LogP contribution < -0.4 is 4.84 Å². The molecule has 0 saturated heterocycles. The Bertz CT molecular complexity index is 221. The van der Waals surface area contributed by atoms with Crippen LogP contribution in [0.2, 0.25) is 0 Å². The Morgan fingerprint density at radius 1 is 1.64 bits per heavy atom. The molecule has 3 nitrogen and oxygen atoms in total. The summed E-state index contributed by atoms with van der Waals surface area (Å²) in [6, 6.07) is -1.38. The minimum absolute atomic E-state index is 0.0646. The lowest BCUT2D eigenvalue weighted by Gasteiger charge is -2.19. The molecule has 0 radical (unpaired) electrons. The number of rotatable bonds is 6. The summed E-state index contributed by atoms with van der Waals surface area (Å²) in [6.07, 6.45) is 0.668. The molecule has 1 fully saturated rings. The molecule has 2 N–H and O–H groups in total. The van der Waals surface area contributed by atoms with Gasteiger partial charge in [0.05, 0.1) is 0 Å². The molecule has 0 aliphatic heterocycles. The molecule has 0 aromatic rings. The third-order valence-corrected chi connectivity index (χ3v) is 2.48. The molecular weight excluding hydrogens is 216 g/mol. The van der Waals surface area contributed by atoms with Gasteiger partial charge in [0, 0.05) is 12.8 Å². The first-order valence-corrected chi connectivity index (χ1v) is 4.79. The van der Waals surface area contributed by atoms with E-state index < -0.39 is 24.4 Å². The largest absolute Gasteiger partial charge is 0.480 e. The van der Waals surface area contributed by atoms with E-state index in [2.05, 4.69) is 0 Å². The lowest BCUT2D eigenvalue weighted by Crippen LogP contribution is -2.37. The van der Waals surface area contributed by atoms with E-state index >= 15 is 0 Å². The highest BCUT2D eigenvalue weighted by atomic mass is 35.5. The summed E-state index contributed by atoms with van der Waals surface area (Å²) in [4.78, 5) is 12.3. The van der Waals surface area contributed by atoms with Crippen LogP contribution in [-0.2, 0) is 4.79 Å². The molecule has 0 bridgehead atoms. The number of carboxylic acids is 1. The molecule has 0 aromatic carbocycles. The van der Waals surface area contributed by atoms with E-state index in [1.54, 1.807) is 0 Å². The Labute approximate surface area is 85.5 Å². The molecule has 0 amide bonds. The van der Waals surface area contributed by atoms with Crippen molar-refractivity contribution in [2.24, 2.45) is 5.92 Å². The maximum atomic E-state index is 13.1. The lowest BCUT2D eigenvalue weighted by molar-refractivity contribution is -0.142. The van der Waals surface area contributed by atoms with Gasteiger partial charge in [0.2, 0.25) is 0 Å². The molecule has 0 aromatic heterocycles. The summed E-state index contributed by atoms with van der Waals surface area (Å²) in [6.45, 7) is 0. The van der Waals surface area contributed by atoms with Crippen molar-refractivity contribution in [1.82, 2.24) is 4.84 Å². The smallest absolute Gasteiger partial charge is 0.322 e. The predicted octanol–water partition coefficient (Wildman–Crippen LogP) is 2.01. The Balaban J connectivity index is 2.41. The van der Waals surface area contributed by atoms with Gasteiger partial charge in [-0.2, -0.15) is 0 Å². The third kappa shape index (κ3) is 3.75. The molecular formula is C8H12ClF2NO2. The summed E-state index contributed by atoms with van der Waals surface area (Å²) >= 11 is 5.06. The van der Waals surface area contributed by atoms with E-state index in [0.717, 1.165) is 12.8 Å². The second kappa shape index (κ2) is 4.40. The molecule has 0 heterocycles. The monoisotopic (exact) mass is 227 g/mol. The van der Waals surface area contributed by atoms with Gasteiger partial charge < -0.3 is 5.11 Å². The van der Waals surface area contributed by atoms with Crippen LogP contribution in [0.5, 0.6) is 0 Å². The summed E-state index contributed by atoms with van der Waals surface area (Å²) in [7, 11) is 0. The Kier molecular flexibility index (Phi) is 3.66. The highest BCUT2D eigenvalue weighted by Gasteiger charge is 2.40. The number of halogens is 3. The third-order valence-electron chi connectivity index (χ3n) is 2.22. The SMILES string of the molecule is O=C(O)[C@H](CC(F)(F)CC1CC1)NCl. The molecule has 1 atom stereocenters. The van der Waals surface area contributed by atoms with Crippen LogP contribution in [0, 0.1) is 5.92 Å². The van der Waals surface area contributed by atoms with Crippen molar-refractivity contribution in [3.8, 4) is 0 Å². The second-order valence-corrected chi connectivity index (χ2v) is 3.93. The van der Waals surface area contributed by atoms with Crippen molar-refractivity contribution >= 4 is 17.7 Å². The van der Waals surface area contributed by atoms with Crippen molar-refractivity contribution in [2.75, 3.05) is 0 Å². The zero-order chi connectivity index (χ0) is 10.8. The molecule has 1 rings (SSSR count). The van der Waals surface area contributed by atoms with Crippen LogP contribution in [-0.4, -0.2) is 23.0 Å². The molecule has 82 valence electrons. The van der Waals surface area contributed by atoms with Crippen molar-refractivity contribution in [2.45, 2.75) is 37.6 Å². The van der Waals surface area contributed by atoms with Gasteiger partial charge in [-0.3, -0.25) is 4.79 Å². The molecule has 1 aliphatic carbocycles. The number of carboxylic acid groups (broad SMARTS) is 1. The molecule has 0 unspecified atom stereocenters. The average molecular weight is 228 g/mol. The molecule has 14 heavy (non-hydrogen) atoms. The summed E-state index contributed by atoms with van der Waals surface area (Å²) < 4.78 is 26.3. The van der Waals surface area contributed by atoms with Crippen LogP contribution in [0.3, 0.4) is 0 Å². The van der Waals surface area contributed by atoms with E-state index in [0.29, 0.717) is 0 Å². The highest BCUT2D eigenvalue weighted by molar-refractivity contribution is 6.14. The van der Waals surface area contributed by atoms with Crippen LogP contribution >= 0.6 is 11.8 Å². The number of alkyl halides is 2. The minimum atomic E-state index is -2.94. The van der Waals surface area contributed by atoms with Gasteiger partial charge >= 0.3 is 5.97 Å². The minimum Gasteiger partial charge on any atom is -0.480 e. The zero-order valence-electron chi connectivity index (χ0n) is 7.47. The van der Waals surface area contributed by atoms with Gasteiger partial charge in [-0.25, -0.2) is 13.6 Å². The molecule has 1 aliphatic rings. The first-order valence-electron chi connectivity index (χ1n) is 4.41. The van der Waals surface area contributed by atoms with E-state index in [-0.39, 0.29) is 12.3 Å². The van der Waals surface area contributed by atoms with Crippen LogP contribution in [0.4, 0.5) is 8.78 Å². The van der Waals surface area contributed by atoms with Gasteiger partial charge in [-0.15, -0.1) is 0 Å². The number of aliphatic carboxylic acids is 1. The fourth-order valence-corrected chi connectivity index (χ4v) is 1.47. The van der Waals surface area contributed by atoms with E-state index in [9.17, 15) is 13.6 Å². The van der Waals surface area contributed by atoms with Crippen molar-refractivity contribution in [1.29, 1.82) is 0 Å². The number of carbonyl (C=O) groups is 1. The van der Waals surface area contributed by atoms with E-state index in [1.165, 1.54) is 0 Å². The van der Waals surface area contributed by atoms with Gasteiger partial charge in [0.15, 0.2) is 0 Å².